The van der Waals surface area contributed by atoms with Gasteiger partial charge in [0.25, 0.3) is 5.91 Å². The molecule has 2 atom stereocenters. The zero-order chi connectivity index (χ0) is 19.6. The zero-order valence-electron chi connectivity index (χ0n) is 14.7. The van der Waals surface area contributed by atoms with Crippen LogP contribution in [0.3, 0.4) is 0 Å². The first-order valence-electron chi connectivity index (χ1n) is 8.60. The first kappa shape index (κ1) is 19.8. The minimum absolute atomic E-state index is 0.0146. The van der Waals surface area contributed by atoms with Gasteiger partial charge in [0.2, 0.25) is 0 Å². The van der Waals surface area contributed by atoms with E-state index in [1.165, 1.54) is 12.1 Å². The normalized spacial score (nSPS) is 17.6. The van der Waals surface area contributed by atoms with Crippen LogP contribution in [-0.2, 0) is 0 Å². The van der Waals surface area contributed by atoms with Crippen LogP contribution in [0.5, 0.6) is 5.75 Å². The van der Waals surface area contributed by atoms with Crippen LogP contribution in [0.1, 0.15) is 30.1 Å². The van der Waals surface area contributed by atoms with Gasteiger partial charge in [0.15, 0.2) is 0 Å². The molecule has 1 aliphatic rings. The van der Waals surface area contributed by atoms with Crippen molar-refractivity contribution >= 4 is 39.9 Å². The Morgan fingerprint density at radius 3 is 2.74 bits per heavy atom. The smallest absolute Gasteiger partial charge is 0.254 e. The molecule has 1 fully saturated rings. The predicted molar refractivity (Wildman–Crippen MR) is 108 cm³/mol. The van der Waals surface area contributed by atoms with Crippen LogP contribution in [0.4, 0.5) is 20.2 Å². The lowest BCUT2D eigenvalue weighted by molar-refractivity contribution is 0.0992. The molecule has 1 heterocycles. The number of benzene rings is 2. The van der Waals surface area contributed by atoms with Gasteiger partial charge in [0, 0.05) is 15.7 Å². The molecule has 144 valence electrons. The van der Waals surface area contributed by atoms with E-state index in [-0.39, 0.29) is 34.8 Å². The van der Waals surface area contributed by atoms with Crippen LogP contribution >= 0.6 is 22.6 Å². The van der Waals surface area contributed by atoms with E-state index in [2.05, 4.69) is 10.6 Å². The molecule has 0 radical (unpaired) electrons. The number of amides is 1. The summed E-state index contributed by atoms with van der Waals surface area (Å²) in [6, 6.07) is 6.87. The van der Waals surface area contributed by atoms with Crippen molar-refractivity contribution in [2.24, 2.45) is 5.73 Å². The van der Waals surface area contributed by atoms with Crippen molar-refractivity contribution in [1.82, 2.24) is 5.32 Å². The molecule has 0 aliphatic carbocycles. The third-order valence-electron chi connectivity index (χ3n) is 4.49. The minimum atomic E-state index is -0.787. The summed E-state index contributed by atoms with van der Waals surface area (Å²) < 4.78 is 34.9. The number of primary amides is 1. The van der Waals surface area contributed by atoms with Crippen molar-refractivity contribution in [2.75, 3.05) is 11.9 Å². The SMILES string of the molecule is C[C@H](Oc1cc(F)cc(Nc2ccc(I)cc2F)c1C(N)=O)C1CCCN1. The van der Waals surface area contributed by atoms with Gasteiger partial charge in [-0.3, -0.25) is 4.79 Å². The molecule has 2 aromatic rings. The van der Waals surface area contributed by atoms with Gasteiger partial charge in [0.1, 0.15) is 29.1 Å². The molecule has 0 saturated carbocycles. The molecule has 0 bridgehead atoms. The van der Waals surface area contributed by atoms with E-state index in [0.717, 1.165) is 31.5 Å². The Hall–Kier alpha value is -1.94. The third kappa shape index (κ3) is 4.67. The van der Waals surface area contributed by atoms with Gasteiger partial charge in [0.05, 0.1) is 11.4 Å². The molecule has 1 unspecified atom stereocenters. The van der Waals surface area contributed by atoms with E-state index in [1.807, 2.05) is 29.5 Å². The van der Waals surface area contributed by atoms with E-state index in [9.17, 15) is 13.6 Å². The average molecular weight is 487 g/mol. The van der Waals surface area contributed by atoms with Crippen molar-refractivity contribution in [2.45, 2.75) is 31.9 Å². The van der Waals surface area contributed by atoms with Crippen LogP contribution in [-0.4, -0.2) is 24.6 Å². The number of ether oxygens (including phenoxy) is 1. The molecule has 8 heteroatoms. The van der Waals surface area contributed by atoms with Crippen LogP contribution in [0.25, 0.3) is 0 Å². The maximum Gasteiger partial charge on any atom is 0.254 e. The second-order valence-corrected chi connectivity index (χ2v) is 7.71. The van der Waals surface area contributed by atoms with Crippen molar-refractivity contribution in [3.05, 3.63) is 51.1 Å². The van der Waals surface area contributed by atoms with Gasteiger partial charge in [-0.25, -0.2) is 8.78 Å². The summed E-state index contributed by atoms with van der Waals surface area (Å²) in [5.74, 6) is -1.88. The number of anilines is 2. The Bertz CT molecular complexity index is 857. The minimum Gasteiger partial charge on any atom is -0.488 e. The molecule has 3 rings (SSSR count). The maximum atomic E-state index is 14.2. The fourth-order valence-electron chi connectivity index (χ4n) is 3.16. The van der Waals surface area contributed by atoms with E-state index in [0.29, 0.717) is 3.57 Å². The van der Waals surface area contributed by atoms with Gasteiger partial charge >= 0.3 is 0 Å². The average Bonchev–Trinajstić information content (AvgIpc) is 3.11. The lowest BCUT2D eigenvalue weighted by Gasteiger charge is -2.23. The summed E-state index contributed by atoms with van der Waals surface area (Å²) in [6.45, 7) is 2.74. The molecule has 4 N–H and O–H groups in total. The van der Waals surface area contributed by atoms with Gasteiger partial charge < -0.3 is 21.1 Å². The predicted octanol–water partition coefficient (Wildman–Crippen LogP) is 3.93. The largest absolute Gasteiger partial charge is 0.488 e. The van der Waals surface area contributed by atoms with Crippen LogP contribution in [0, 0.1) is 15.2 Å². The van der Waals surface area contributed by atoms with Crippen molar-refractivity contribution in [3.63, 3.8) is 0 Å². The van der Waals surface area contributed by atoms with Crippen molar-refractivity contribution < 1.29 is 18.3 Å². The molecule has 0 aromatic heterocycles. The van der Waals surface area contributed by atoms with Crippen molar-refractivity contribution in [3.8, 4) is 5.75 Å². The molecule has 1 saturated heterocycles. The highest BCUT2D eigenvalue weighted by Crippen LogP contribution is 2.32. The quantitative estimate of drug-likeness (QED) is 0.540. The molecular weight excluding hydrogens is 467 g/mol. The lowest BCUT2D eigenvalue weighted by atomic mass is 10.1. The van der Waals surface area contributed by atoms with Gasteiger partial charge in [-0.05, 0) is 73.2 Å². The van der Waals surface area contributed by atoms with Crippen LogP contribution < -0.4 is 21.1 Å². The number of rotatable bonds is 6. The Morgan fingerprint density at radius 1 is 1.33 bits per heavy atom. The van der Waals surface area contributed by atoms with E-state index >= 15 is 0 Å². The number of hydrogen-bond acceptors (Lipinski definition) is 4. The molecule has 5 nitrogen and oxygen atoms in total. The summed E-state index contributed by atoms with van der Waals surface area (Å²) >= 11 is 1.98. The third-order valence-corrected chi connectivity index (χ3v) is 5.16. The van der Waals surface area contributed by atoms with Gasteiger partial charge in [-0.2, -0.15) is 0 Å². The molecular formula is C19H20F2IN3O2. The number of carbonyl (C=O) groups is 1. The molecule has 27 heavy (non-hydrogen) atoms. The highest BCUT2D eigenvalue weighted by Gasteiger charge is 2.25. The summed E-state index contributed by atoms with van der Waals surface area (Å²) in [4.78, 5) is 12.1. The second-order valence-electron chi connectivity index (χ2n) is 6.47. The molecule has 0 spiro atoms. The summed E-state index contributed by atoms with van der Waals surface area (Å²) in [5, 5.41) is 6.06. The van der Waals surface area contributed by atoms with E-state index in [4.69, 9.17) is 10.5 Å². The number of nitrogens with one attached hydrogen (secondary N) is 2. The van der Waals surface area contributed by atoms with Crippen LogP contribution in [0.2, 0.25) is 0 Å². The van der Waals surface area contributed by atoms with Crippen LogP contribution in [0.15, 0.2) is 30.3 Å². The second kappa shape index (κ2) is 8.39. The first-order valence-corrected chi connectivity index (χ1v) is 9.68. The first-order chi connectivity index (χ1) is 12.8. The monoisotopic (exact) mass is 487 g/mol. The standard InChI is InChI=1S/C19H20F2IN3O2/c1-10(14-3-2-6-24-14)27-17-8-11(20)7-16(18(17)19(23)26)25-15-5-4-12(22)9-13(15)21/h4-5,7-10,14,24-25H,2-3,6H2,1H3,(H2,23,26)/t10-,14?/m0/s1. The number of nitrogens with two attached hydrogens (primary N) is 1. The fourth-order valence-corrected chi connectivity index (χ4v) is 3.61. The summed E-state index contributed by atoms with van der Waals surface area (Å²) in [7, 11) is 0. The lowest BCUT2D eigenvalue weighted by Crippen LogP contribution is -2.37. The Balaban J connectivity index is 1.95. The highest BCUT2D eigenvalue weighted by atomic mass is 127. The summed E-state index contributed by atoms with van der Waals surface area (Å²) in [5.41, 5.74) is 5.67. The summed E-state index contributed by atoms with van der Waals surface area (Å²) in [6.07, 6.45) is 1.68. The molecule has 2 aromatic carbocycles. The fraction of sp³-hybridized carbons (Fsp3) is 0.316. The van der Waals surface area contributed by atoms with E-state index < -0.39 is 17.5 Å². The Kier molecular flexibility index (Phi) is 6.15. The number of carbonyl (C=O) groups excluding carboxylic acids is 1. The van der Waals surface area contributed by atoms with E-state index in [1.54, 1.807) is 6.07 Å². The van der Waals surface area contributed by atoms with Crippen molar-refractivity contribution in [1.29, 1.82) is 0 Å². The maximum absolute atomic E-state index is 14.2. The zero-order valence-corrected chi connectivity index (χ0v) is 16.8. The van der Waals surface area contributed by atoms with Gasteiger partial charge in [-0.1, -0.05) is 0 Å². The molecule has 1 amide bonds. The topological polar surface area (TPSA) is 76.4 Å². The number of hydrogen-bond donors (Lipinski definition) is 3. The molecule has 1 aliphatic heterocycles. The highest BCUT2D eigenvalue weighted by molar-refractivity contribution is 14.1. The Labute approximate surface area is 169 Å². The Morgan fingerprint density at radius 2 is 2.11 bits per heavy atom. The van der Waals surface area contributed by atoms with Gasteiger partial charge in [-0.15, -0.1) is 0 Å². The number of halogens is 3.